The number of alkyl halides is 2. The Kier molecular flexibility index (Phi) is 6.47. The van der Waals surface area contributed by atoms with Crippen LogP contribution in [0.15, 0.2) is 24.3 Å². The standard InChI is InChI=1S/C16H18FI2NOS/c1-10(2)8-13-14(20-15(18)22-13)11-4-6-12(7-5-11)21-9-16(3,17)19/h4-7,10H,8-9H2,1-3H3. The molecule has 2 aromatic rings. The van der Waals surface area contributed by atoms with E-state index in [0.29, 0.717) is 11.7 Å². The van der Waals surface area contributed by atoms with Crippen molar-refractivity contribution < 1.29 is 9.13 Å². The maximum atomic E-state index is 13.4. The van der Waals surface area contributed by atoms with Crippen molar-refractivity contribution in [1.29, 1.82) is 0 Å². The highest BCUT2D eigenvalue weighted by atomic mass is 127. The molecule has 1 unspecified atom stereocenters. The zero-order valence-corrected chi connectivity index (χ0v) is 17.8. The van der Waals surface area contributed by atoms with Gasteiger partial charge in [-0.2, -0.15) is 0 Å². The minimum absolute atomic E-state index is 0.0418. The van der Waals surface area contributed by atoms with Crippen molar-refractivity contribution in [2.24, 2.45) is 5.92 Å². The summed E-state index contributed by atoms with van der Waals surface area (Å²) in [4.78, 5) is 5.97. The molecule has 1 aromatic carbocycles. The number of aromatic nitrogens is 1. The van der Waals surface area contributed by atoms with E-state index in [9.17, 15) is 4.39 Å². The molecule has 0 saturated carbocycles. The molecule has 0 saturated heterocycles. The highest BCUT2D eigenvalue weighted by Crippen LogP contribution is 2.32. The first-order valence-corrected chi connectivity index (χ1v) is 9.98. The van der Waals surface area contributed by atoms with Crippen molar-refractivity contribution in [3.8, 4) is 17.0 Å². The third-order valence-electron chi connectivity index (χ3n) is 2.88. The van der Waals surface area contributed by atoms with Gasteiger partial charge in [-0.3, -0.25) is 0 Å². The first-order chi connectivity index (χ1) is 10.2. The molecule has 0 aliphatic carbocycles. The van der Waals surface area contributed by atoms with Crippen LogP contribution in [-0.4, -0.2) is 15.3 Å². The van der Waals surface area contributed by atoms with Gasteiger partial charge in [-0.15, -0.1) is 11.3 Å². The molecule has 1 atom stereocenters. The Morgan fingerprint density at radius 3 is 2.50 bits per heavy atom. The summed E-state index contributed by atoms with van der Waals surface area (Å²) in [6.07, 6.45) is 1.03. The van der Waals surface area contributed by atoms with E-state index in [1.54, 1.807) is 33.9 Å². The number of thiazole rings is 1. The van der Waals surface area contributed by atoms with Gasteiger partial charge in [-0.05, 0) is 88.7 Å². The minimum atomic E-state index is -1.36. The van der Waals surface area contributed by atoms with Crippen LogP contribution in [0.5, 0.6) is 5.75 Å². The van der Waals surface area contributed by atoms with Gasteiger partial charge in [0.2, 0.25) is 0 Å². The van der Waals surface area contributed by atoms with Crippen LogP contribution in [0.2, 0.25) is 0 Å². The van der Waals surface area contributed by atoms with Crippen LogP contribution in [0, 0.1) is 8.93 Å². The molecule has 22 heavy (non-hydrogen) atoms. The zero-order valence-electron chi connectivity index (χ0n) is 12.7. The summed E-state index contributed by atoms with van der Waals surface area (Å²) < 4.78 is 18.6. The van der Waals surface area contributed by atoms with Crippen LogP contribution >= 0.6 is 56.5 Å². The molecule has 0 N–H and O–H groups in total. The van der Waals surface area contributed by atoms with Gasteiger partial charge in [0.1, 0.15) is 12.4 Å². The first kappa shape index (κ1) is 18.4. The summed E-state index contributed by atoms with van der Waals surface area (Å²) in [7, 11) is 0. The average molecular weight is 545 g/mol. The highest BCUT2D eigenvalue weighted by molar-refractivity contribution is 14.1. The van der Waals surface area contributed by atoms with Gasteiger partial charge in [0.15, 0.2) is 6.69 Å². The number of rotatable bonds is 6. The average Bonchev–Trinajstić information content (AvgIpc) is 2.76. The van der Waals surface area contributed by atoms with Crippen molar-refractivity contribution in [2.45, 2.75) is 30.9 Å². The number of hydrogen-bond donors (Lipinski definition) is 0. The van der Waals surface area contributed by atoms with E-state index < -0.39 is 3.68 Å². The van der Waals surface area contributed by atoms with Crippen molar-refractivity contribution in [1.82, 2.24) is 4.98 Å². The number of halogens is 3. The molecule has 2 nitrogen and oxygen atoms in total. The third-order valence-corrected chi connectivity index (χ3v) is 4.96. The van der Waals surface area contributed by atoms with Gasteiger partial charge in [0, 0.05) is 10.4 Å². The van der Waals surface area contributed by atoms with Gasteiger partial charge in [-0.1, -0.05) is 13.8 Å². The zero-order chi connectivity index (χ0) is 16.3. The maximum Gasteiger partial charge on any atom is 0.192 e. The lowest BCUT2D eigenvalue weighted by atomic mass is 10.0. The fourth-order valence-electron chi connectivity index (χ4n) is 1.98. The van der Waals surface area contributed by atoms with Crippen molar-refractivity contribution >= 4 is 56.5 Å². The summed E-state index contributed by atoms with van der Waals surface area (Å²) in [6, 6.07) is 7.74. The minimum Gasteiger partial charge on any atom is -0.489 e. The number of hydrogen-bond acceptors (Lipinski definition) is 3. The van der Waals surface area contributed by atoms with Crippen molar-refractivity contribution in [3.05, 3.63) is 32.2 Å². The first-order valence-electron chi connectivity index (χ1n) is 7.01. The van der Waals surface area contributed by atoms with Crippen molar-refractivity contribution in [3.63, 3.8) is 0 Å². The smallest absolute Gasteiger partial charge is 0.192 e. The van der Waals surface area contributed by atoms with E-state index in [2.05, 4.69) is 41.4 Å². The highest BCUT2D eigenvalue weighted by Gasteiger charge is 2.19. The van der Waals surface area contributed by atoms with E-state index in [4.69, 9.17) is 4.74 Å². The molecule has 6 heteroatoms. The second kappa shape index (κ2) is 7.74. The topological polar surface area (TPSA) is 22.1 Å². The van der Waals surface area contributed by atoms with Crippen LogP contribution in [0.4, 0.5) is 4.39 Å². The van der Waals surface area contributed by atoms with E-state index >= 15 is 0 Å². The molecule has 1 heterocycles. The molecule has 120 valence electrons. The van der Waals surface area contributed by atoms with Gasteiger partial charge >= 0.3 is 0 Å². The monoisotopic (exact) mass is 545 g/mol. The predicted octanol–water partition coefficient (Wildman–Crippen LogP) is 6.11. The molecule has 0 aliphatic heterocycles. The number of benzene rings is 1. The summed E-state index contributed by atoms with van der Waals surface area (Å²) >= 11 is 5.75. The Morgan fingerprint density at radius 2 is 1.95 bits per heavy atom. The summed E-state index contributed by atoms with van der Waals surface area (Å²) in [6.45, 7) is 5.97. The van der Waals surface area contributed by atoms with Crippen LogP contribution in [0.3, 0.4) is 0 Å². The third kappa shape index (κ3) is 5.59. The Labute approximate surface area is 162 Å². The molecule has 0 spiro atoms. The van der Waals surface area contributed by atoms with Crippen LogP contribution in [0.1, 0.15) is 25.6 Å². The molecule has 0 bridgehead atoms. The Balaban J connectivity index is 2.17. The summed E-state index contributed by atoms with van der Waals surface area (Å²) in [5.74, 6) is 1.28. The summed E-state index contributed by atoms with van der Waals surface area (Å²) in [5, 5.41) is 0. The van der Waals surface area contributed by atoms with E-state index in [0.717, 1.165) is 20.7 Å². The number of nitrogens with zero attached hydrogens (tertiary/aromatic N) is 1. The van der Waals surface area contributed by atoms with E-state index in [-0.39, 0.29) is 6.61 Å². The lowest BCUT2D eigenvalue weighted by molar-refractivity contribution is 0.197. The van der Waals surface area contributed by atoms with Crippen molar-refractivity contribution in [2.75, 3.05) is 6.61 Å². The fourth-order valence-corrected chi connectivity index (χ4v) is 4.19. The van der Waals surface area contributed by atoms with Crippen LogP contribution in [0.25, 0.3) is 11.3 Å². The van der Waals surface area contributed by atoms with Crippen LogP contribution in [-0.2, 0) is 6.42 Å². The Hall–Kier alpha value is 0.0400. The Morgan fingerprint density at radius 1 is 1.32 bits per heavy atom. The van der Waals surface area contributed by atoms with Gasteiger partial charge in [0.05, 0.1) is 5.69 Å². The van der Waals surface area contributed by atoms with E-state index in [1.807, 2.05) is 24.3 Å². The second-order valence-electron chi connectivity index (χ2n) is 5.72. The lowest BCUT2D eigenvalue weighted by Gasteiger charge is -2.13. The molecular formula is C16H18FI2NOS. The molecule has 2 rings (SSSR count). The van der Waals surface area contributed by atoms with Gasteiger partial charge < -0.3 is 4.74 Å². The molecule has 0 aliphatic rings. The Bertz CT molecular complexity index is 620. The number of ether oxygens (including phenoxy) is 1. The second-order valence-corrected chi connectivity index (χ2v) is 10.8. The van der Waals surface area contributed by atoms with E-state index in [1.165, 1.54) is 11.8 Å². The summed E-state index contributed by atoms with van der Waals surface area (Å²) in [5.41, 5.74) is 2.14. The van der Waals surface area contributed by atoms with Gasteiger partial charge in [-0.25, -0.2) is 9.37 Å². The molecular weight excluding hydrogens is 527 g/mol. The predicted molar refractivity (Wildman–Crippen MR) is 108 cm³/mol. The van der Waals surface area contributed by atoms with Gasteiger partial charge in [0.25, 0.3) is 0 Å². The quantitative estimate of drug-likeness (QED) is 0.323. The lowest BCUT2D eigenvalue weighted by Crippen LogP contribution is -2.18. The van der Waals surface area contributed by atoms with Crippen LogP contribution < -0.4 is 4.74 Å². The SMILES string of the molecule is CC(C)Cc1sc(I)nc1-c1ccc(OCC(C)(F)I)cc1. The largest absolute Gasteiger partial charge is 0.489 e. The normalized spacial score (nSPS) is 14.1. The molecule has 0 amide bonds. The molecule has 0 fully saturated rings. The molecule has 1 aromatic heterocycles. The maximum absolute atomic E-state index is 13.4. The fraction of sp³-hybridized carbons (Fsp3) is 0.438. The molecule has 0 radical (unpaired) electrons.